The van der Waals surface area contributed by atoms with Crippen LogP contribution in [0.3, 0.4) is 0 Å². The molecule has 1 aromatic rings. The maximum Gasteiger partial charge on any atom is 0.237 e. The lowest BCUT2D eigenvalue weighted by Crippen LogP contribution is -2.50. The van der Waals surface area contributed by atoms with Gasteiger partial charge in [-0.2, -0.15) is 0 Å². The number of nitrogens with zero attached hydrogens (tertiary/aromatic N) is 1. The highest BCUT2D eigenvalue weighted by atomic mass is 16.2. The summed E-state index contributed by atoms with van der Waals surface area (Å²) in [4.78, 5) is 14.9. The average molecular weight is 301 g/mol. The van der Waals surface area contributed by atoms with E-state index in [-0.39, 0.29) is 11.9 Å². The molecule has 2 aliphatic heterocycles. The van der Waals surface area contributed by atoms with Crippen molar-refractivity contribution in [2.75, 3.05) is 19.6 Å². The van der Waals surface area contributed by atoms with Crippen molar-refractivity contribution in [3.05, 3.63) is 35.9 Å². The fourth-order valence-electron chi connectivity index (χ4n) is 3.57. The first kappa shape index (κ1) is 15.5. The smallest absolute Gasteiger partial charge is 0.237 e. The topological polar surface area (TPSA) is 44.4 Å². The Morgan fingerprint density at radius 3 is 2.82 bits per heavy atom. The van der Waals surface area contributed by atoms with Gasteiger partial charge in [0.15, 0.2) is 0 Å². The van der Waals surface area contributed by atoms with E-state index < -0.39 is 0 Å². The number of amides is 1. The monoisotopic (exact) mass is 301 g/mol. The van der Waals surface area contributed by atoms with E-state index in [9.17, 15) is 4.79 Å². The van der Waals surface area contributed by atoms with E-state index in [1.807, 2.05) is 6.07 Å². The van der Waals surface area contributed by atoms with Gasteiger partial charge in [-0.3, -0.25) is 9.69 Å². The van der Waals surface area contributed by atoms with E-state index >= 15 is 0 Å². The Morgan fingerprint density at radius 1 is 1.18 bits per heavy atom. The fourth-order valence-corrected chi connectivity index (χ4v) is 3.57. The van der Waals surface area contributed by atoms with Crippen LogP contribution in [0.4, 0.5) is 0 Å². The van der Waals surface area contributed by atoms with Crippen LogP contribution in [0.1, 0.15) is 37.7 Å². The van der Waals surface area contributed by atoms with Crippen LogP contribution >= 0.6 is 0 Å². The maximum atomic E-state index is 12.6. The number of hydrogen-bond acceptors (Lipinski definition) is 3. The summed E-state index contributed by atoms with van der Waals surface area (Å²) in [5, 5.41) is 6.60. The second-order valence-electron chi connectivity index (χ2n) is 6.51. The Bertz CT molecular complexity index is 470. The van der Waals surface area contributed by atoms with Crippen molar-refractivity contribution in [1.82, 2.24) is 15.5 Å². The van der Waals surface area contributed by atoms with Gasteiger partial charge < -0.3 is 10.6 Å². The van der Waals surface area contributed by atoms with Crippen LogP contribution < -0.4 is 10.6 Å². The Morgan fingerprint density at radius 2 is 2.05 bits per heavy atom. The van der Waals surface area contributed by atoms with Crippen LogP contribution in [0, 0.1) is 0 Å². The van der Waals surface area contributed by atoms with Crippen molar-refractivity contribution >= 4 is 5.91 Å². The molecule has 1 amide bonds. The number of carbonyl (C=O) groups is 1. The van der Waals surface area contributed by atoms with E-state index in [1.165, 1.54) is 24.8 Å². The fraction of sp³-hybridized carbons (Fsp3) is 0.611. The molecule has 2 fully saturated rings. The van der Waals surface area contributed by atoms with Crippen molar-refractivity contribution in [3.63, 3.8) is 0 Å². The van der Waals surface area contributed by atoms with Gasteiger partial charge in [0.1, 0.15) is 0 Å². The van der Waals surface area contributed by atoms with Crippen LogP contribution in [0.25, 0.3) is 0 Å². The van der Waals surface area contributed by atoms with Gasteiger partial charge in [-0.05, 0) is 44.3 Å². The number of nitrogens with one attached hydrogen (secondary N) is 2. The van der Waals surface area contributed by atoms with Gasteiger partial charge in [0.25, 0.3) is 0 Å². The summed E-state index contributed by atoms with van der Waals surface area (Å²) < 4.78 is 0. The molecule has 2 heterocycles. The van der Waals surface area contributed by atoms with Crippen molar-refractivity contribution in [2.45, 2.75) is 50.7 Å². The molecule has 0 spiro atoms. The molecule has 3 rings (SSSR count). The molecule has 1 aromatic carbocycles. The second kappa shape index (κ2) is 7.75. The van der Waals surface area contributed by atoms with E-state index in [1.54, 1.807) is 0 Å². The molecule has 2 aliphatic rings. The number of likely N-dealkylation sites (tertiary alicyclic amines) is 1. The van der Waals surface area contributed by atoms with Crippen molar-refractivity contribution in [2.24, 2.45) is 0 Å². The lowest BCUT2D eigenvalue weighted by molar-refractivity contribution is -0.128. The minimum absolute atomic E-state index is 0.0374. The van der Waals surface area contributed by atoms with Crippen LogP contribution in [-0.4, -0.2) is 42.5 Å². The Balaban J connectivity index is 1.55. The van der Waals surface area contributed by atoms with Gasteiger partial charge >= 0.3 is 0 Å². The van der Waals surface area contributed by atoms with Crippen LogP contribution in [0.5, 0.6) is 0 Å². The minimum atomic E-state index is 0.0374. The number of piperidine rings is 1. The first-order chi connectivity index (χ1) is 10.8. The summed E-state index contributed by atoms with van der Waals surface area (Å²) in [6.45, 7) is 3.76. The highest BCUT2D eigenvalue weighted by Gasteiger charge is 2.29. The van der Waals surface area contributed by atoms with Crippen molar-refractivity contribution < 1.29 is 4.79 Å². The first-order valence-corrected chi connectivity index (χ1v) is 8.62. The Kier molecular flexibility index (Phi) is 5.46. The molecule has 0 aliphatic carbocycles. The summed E-state index contributed by atoms with van der Waals surface area (Å²) in [5.41, 5.74) is 1.29. The summed E-state index contributed by atoms with van der Waals surface area (Å²) >= 11 is 0. The van der Waals surface area contributed by atoms with E-state index in [4.69, 9.17) is 0 Å². The summed E-state index contributed by atoms with van der Waals surface area (Å²) in [6.07, 6.45) is 5.74. The van der Waals surface area contributed by atoms with Crippen LogP contribution in [-0.2, 0) is 11.3 Å². The SMILES string of the molecule is O=C(NCC1CCCN1)C1CCCCN1Cc1ccccc1. The average Bonchev–Trinajstić information content (AvgIpc) is 3.08. The van der Waals surface area contributed by atoms with Gasteiger partial charge in [-0.15, -0.1) is 0 Å². The molecule has 120 valence electrons. The van der Waals surface area contributed by atoms with Crippen LogP contribution in [0.15, 0.2) is 30.3 Å². The highest BCUT2D eigenvalue weighted by Crippen LogP contribution is 2.20. The lowest BCUT2D eigenvalue weighted by Gasteiger charge is -2.35. The molecule has 4 heteroatoms. The van der Waals surface area contributed by atoms with Gasteiger partial charge in [-0.1, -0.05) is 36.8 Å². The molecule has 0 aromatic heterocycles. The molecule has 0 bridgehead atoms. The van der Waals surface area contributed by atoms with Crippen molar-refractivity contribution in [3.8, 4) is 0 Å². The second-order valence-corrected chi connectivity index (χ2v) is 6.51. The summed E-state index contributed by atoms with van der Waals surface area (Å²) in [7, 11) is 0. The third-order valence-electron chi connectivity index (χ3n) is 4.83. The largest absolute Gasteiger partial charge is 0.353 e. The normalized spacial score (nSPS) is 26.0. The number of rotatable bonds is 5. The minimum Gasteiger partial charge on any atom is -0.353 e. The molecule has 22 heavy (non-hydrogen) atoms. The zero-order valence-corrected chi connectivity index (χ0v) is 13.3. The standard InChI is InChI=1S/C18H27N3O/c22-18(20-13-16-9-6-11-19-16)17-10-4-5-12-21(17)14-15-7-2-1-3-8-15/h1-3,7-8,16-17,19H,4-6,9-14H2,(H,20,22). The zero-order valence-electron chi connectivity index (χ0n) is 13.3. The predicted molar refractivity (Wildman–Crippen MR) is 88.5 cm³/mol. The first-order valence-electron chi connectivity index (χ1n) is 8.62. The Labute approximate surface area is 133 Å². The predicted octanol–water partition coefficient (Wildman–Crippen LogP) is 1.91. The molecule has 4 nitrogen and oxygen atoms in total. The Hall–Kier alpha value is -1.39. The molecule has 2 atom stereocenters. The molecule has 0 radical (unpaired) electrons. The molecule has 2 unspecified atom stereocenters. The van der Waals surface area contributed by atoms with Gasteiger partial charge in [0.05, 0.1) is 6.04 Å². The third-order valence-corrected chi connectivity index (χ3v) is 4.83. The lowest BCUT2D eigenvalue weighted by atomic mass is 10.00. The molecular formula is C18H27N3O. The summed E-state index contributed by atoms with van der Waals surface area (Å²) in [5.74, 6) is 0.212. The molecule has 2 saturated heterocycles. The van der Waals surface area contributed by atoms with Gasteiger partial charge in [-0.25, -0.2) is 0 Å². The molecule has 2 N–H and O–H groups in total. The van der Waals surface area contributed by atoms with E-state index in [0.717, 1.165) is 39.0 Å². The van der Waals surface area contributed by atoms with E-state index in [2.05, 4.69) is 39.8 Å². The number of hydrogen-bond donors (Lipinski definition) is 2. The zero-order chi connectivity index (χ0) is 15.2. The maximum absolute atomic E-state index is 12.6. The number of benzene rings is 1. The van der Waals surface area contributed by atoms with Gasteiger partial charge in [0, 0.05) is 19.1 Å². The van der Waals surface area contributed by atoms with Crippen LogP contribution in [0.2, 0.25) is 0 Å². The summed E-state index contributed by atoms with van der Waals surface area (Å²) in [6, 6.07) is 11.0. The third kappa shape index (κ3) is 4.08. The molecular weight excluding hydrogens is 274 g/mol. The van der Waals surface area contributed by atoms with Gasteiger partial charge in [0.2, 0.25) is 5.91 Å². The highest BCUT2D eigenvalue weighted by molar-refractivity contribution is 5.81. The van der Waals surface area contributed by atoms with E-state index in [0.29, 0.717) is 6.04 Å². The quantitative estimate of drug-likeness (QED) is 0.873. The van der Waals surface area contributed by atoms with Crippen molar-refractivity contribution in [1.29, 1.82) is 0 Å². The molecule has 0 saturated carbocycles. The number of carbonyl (C=O) groups excluding carboxylic acids is 1.